The van der Waals surface area contributed by atoms with Crippen LogP contribution in [-0.2, 0) is 11.3 Å². The van der Waals surface area contributed by atoms with E-state index in [1.807, 2.05) is 24.3 Å². The van der Waals surface area contributed by atoms with Crippen LogP contribution in [0.4, 0.5) is 10.1 Å². The van der Waals surface area contributed by atoms with Crippen molar-refractivity contribution >= 4 is 23.2 Å². The molecule has 1 N–H and O–H groups in total. The minimum atomic E-state index is -0.350. The van der Waals surface area contributed by atoms with Crippen molar-refractivity contribution in [2.75, 3.05) is 18.4 Å². The molecule has 0 spiro atoms. The van der Waals surface area contributed by atoms with Crippen LogP contribution in [0.5, 0.6) is 0 Å². The summed E-state index contributed by atoms with van der Waals surface area (Å²) in [6, 6.07) is 13.8. The van der Waals surface area contributed by atoms with Crippen molar-refractivity contribution in [1.29, 1.82) is 0 Å². The summed E-state index contributed by atoms with van der Waals surface area (Å²) in [7, 11) is 0. The van der Waals surface area contributed by atoms with Gasteiger partial charge in [-0.1, -0.05) is 35.9 Å². The van der Waals surface area contributed by atoms with Crippen molar-refractivity contribution < 1.29 is 9.18 Å². The molecule has 2 aromatic carbocycles. The van der Waals surface area contributed by atoms with Gasteiger partial charge in [0.15, 0.2) is 0 Å². The number of anilines is 1. The fraction of sp³-hybridized carbons (Fsp3) is 0.316. The van der Waals surface area contributed by atoms with Gasteiger partial charge >= 0.3 is 0 Å². The van der Waals surface area contributed by atoms with Crippen LogP contribution >= 0.6 is 11.6 Å². The number of benzene rings is 2. The van der Waals surface area contributed by atoms with Gasteiger partial charge < -0.3 is 5.32 Å². The quantitative estimate of drug-likeness (QED) is 0.893. The second kappa shape index (κ2) is 7.77. The molecule has 5 heteroatoms. The molecule has 1 heterocycles. The van der Waals surface area contributed by atoms with E-state index in [0.717, 1.165) is 36.5 Å². The molecule has 1 aliphatic rings. The summed E-state index contributed by atoms with van der Waals surface area (Å²) in [6.45, 7) is 2.38. The van der Waals surface area contributed by atoms with Gasteiger partial charge in [-0.25, -0.2) is 4.39 Å². The molecular formula is C19H20ClFN2O. The van der Waals surface area contributed by atoms with Gasteiger partial charge in [-0.2, -0.15) is 0 Å². The highest BCUT2D eigenvalue weighted by atomic mass is 35.5. The zero-order valence-corrected chi connectivity index (χ0v) is 14.1. The van der Waals surface area contributed by atoms with Crippen LogP contribution in [0, 0.1) is 11.7 Å². The van der Waals surface area contributed by atoms with Gasteiger partial charge in [-0.05, 0) is 49.2 Å². The van der Waals surface area contributed by atoms with Crippen LogP contribution in [0.15, 0.2) is 48.5 Å². The highest BCUT2D eigenvalue weighted by Crippen LogP contribution is 2.23. The smallest absolute Gasteiger partial charge is 0.228 e. The van der Waals surface area contributed by atoms with Crippen molar-refractivity contribution in [3.05, 3.63) is 64.9 Å². The third-order valence-electron chi connectivity index (χ3n) is 4.32. The average molecular weight is 347 g/mol. The molecule has 126 valence electrons. The number of amides is 1. The van der Waals surface area contributed by atoms with Crippen molar-refractivity contribution in [2.45, 2.75) is 19.4 Å². The van der Waals surface area contributed by atoms with Crippen molar-refractivity contribution in [3.8, 4) is 0 Å². The molecule has 0 saturated carbocycles. The third-order valence-corrected chi connectivity index (χ3v) is 4.69. The van der Waals surface area contributed by atoms with E-state index >= 15 is 0 Å². The highest BCUT2D eigenvalue weighted by Gasteiger charge is 2.26. The van der Waals surface area contributed by atoms with E-state index in [9.17, 15) is 9.18 Å². The van der Waals surface area contributed by atoms with Gasteiger partial charge in [-0.3, -0.25) is 9.69 Å². The fourth-order valence-electron chi connectivity index (χ4n) is 3.09. The van der Waals surface area contributed by atoms with Crippen LogP contribution in [0.3, 0.4) is 0 Å². The molecule has 3 rings (SSSR count). The standard InChI is InChI=1S/C19H20ClFN2O/c20-18-9-2-1-5-14(18)12-23-10-4-6-15(13-23)19(24)22-17-8-3-7-16(21)11-17/h1-3,5,7-9,11,15H,4,6,10,12-13H2,(H,22,24). The number of rotatable bonds is 4. The lowest BCUT2D eigenvalue weighted by molar-refractivity contribution is -0.121. The lowest BCUT2D eigenvalue weighted by Gasteiger charge is -2.32. The Morgan fingerprint density at radius 3 is 2.88 bits per heavy atom. The second-order valence-corrected chi connectivity index (χ2v) is 6.57. The van der Waals surface area contributed by atoms with Crippen molar-refractivity contribution in [2.24, 2.45) is 5.92 Å². The SMILES string of the molecule is O=C(Nc1cccc(F)c1)C1CCCN(Cc2ccccc2Cl)C1. The summed E-state index contributed by atoms with van der Waals surface area (Å²) in [5.41, 5.74) is 1.58. The summed E-state index contributed by atoms with van der Waals surface area (Å²) in [4.78, 5) is 14.7. The average Bonchev–Trinajstić information content (AvgIpc) is 2.57. The molecule has 0 aromatic heterocycles. The van der Waals surface area contributed by atoms with Crippen LogP contribution in [0.25, 0.3) is 0 Å². The van der Waals surface area contributed by atoms with E-state index < -0.39 is 0 Å². The molecule has 1 amide bonds. The largest absolute Gasteiger partial charge is 0.326 e. The summed E-state index contributed by atoms with van der Waals surface area (Å²) < 4.78 is 13.2. The number of carbonyl (C=O) groups excluding carboxylic acids is 1. The molecule has 24 heavy (non-hydrogen) atoms. The first-order valence-corrected chi connectivity index (χ1v) is 8.52. The molecular weight excluding hydrogens is 327 g/mol. The molecule has 0 bridgehead atoms. The molecule has 3 nitrogen and oxygen atoms in total. The van der Waals surface area contributed by atoms with Gasteiger partial charge in [0, 0.05) is 23.8 Å². The van der Waals surface area contributed by atoms with E-state index in [-0.39, 0.29) is 17.6 Å². The zero-order valence-electron chi connectivity index (χ0n) is 13.3. The Hall–Kier alpha value is -1.91. The second-order valence-electron chi connectivity index (χ2n) is 6.17. The molecule has 1 unspecified atom stereocenters. The monoisotopic (exact) mass is 346 g/mol. The molecule has 1 fully saturated rings. The first kappa shape index (κ1) is 16.9. The molecule has 0 aliphatic carbocycles. The number of nitrogens with one attached hydrogen (secondary N) is 1. The lowest BCUT2D eigenvalue weighted by atomic mass is 9.96. The van der Waals surface area contributed by atoms with Crippen molar-refractivity contribution in [3.63, 3.8) is 0 Å². The van der Waals surface area contributed by atoms with E-state index in [0.29, 0.717) is 12.2 Å². The maximum Gasteiger partial charge on any atom is 0.228 e. The van der Waals surface area contributed by atoms with E-state index in [1.54, 1.807) is 12.1 Å². The Balaban J connectivity index is 1.60. The Kier molecular flexibility index (Phi) is 5.48. The predicted octanol–water partition coefficient (Wildman–Crippen LogP) is 4.33. The summed E-state index contributed by atoms with van der Waals surface area (Å²) in [6.07, 6.45) is 1.81. The van der Waals surface area contributed by atoms with Gasteiger partial charge in [0.25, 0.3) is 0 Å². The minimum absolute atomic E-state index is 0.0514. The summed E-state index contributed by atoms with van der Waals surface area (Å²) >= 11 is 6.22. The first-order chi connectivity index (χ1) is 11.6. The maximum absolute atomic E-state index is 13.2. The maximum atomic E-state index is 13.2. The number of piperidine rings is 1. The predicted molar refractivity (Wildman–Crippen MR) is 94.5 cm³/mol. The molecule has 1 atom stereocenters. The Morgan fingerprint density at radius 2 is 2.08 bits per heavy atom. The lowest BCUT2D eigenvalue weighted by Crippen LogP contribution is -2.40. The Bertz CT molecular complexity index is 722. The number of likely N-dealkylation sites (tertiary alicyclic amines) is 1. The van der Waals surface area contributed by atoms with Gasteiger partial charge in [0.05, 0.1) is 5.92 Å². The zero-order chi connectivity index (χ0) is 16.9. The molecule has 1 aliphatic heterocycles. The van der Waals surface area contributed by atoms with Crippen LogP contribution in [-0.4, -0.2) is 23.9 Å². The number of nitrogens with zero attached hydrogens (tertiary/aromatic N) is 1. The van der Waals surface area contributed by atoms with E-state index in [1.165, 1.54) is 12.1 Å². The Morgan fingerprint density at radius 1 is 1.25 bits per heavy atom. The third kappa shape index (κ3) is 4.34. The van der Waals surface area contributed by atoms with Crippen molar-refractivity contribution in [1.82, 2.24) is 4.90 Å². The van der Waals surface area contributed by atoms with Crippen LogP contribution in [0.1, 0.15) is 18.4 Å². The fourth-order valence-corrected chi connectivity index (χ4v) is 3.29. The topological polar surface area (TPSA) is 32.3 Å². The van der Waals surface area contributed by atoms with Crippen LogP contribution in [0.2, 0.25) is 5.02 Å². The number of hydrogen-bond donors (Lipinski definition) is 1. The number of halogens is 2. The highest BCUT2D eigenvalue weighted by molar-refractivity contribution is 6.31. The van der Waals surface area contributed by atoms with Crippen LogP contribution < -0.4 is 5.32 Å². The minimum Gasteiger partial charge on any atom is -0.326 e. The van der Waals surface area contributed by atoms with Gasteiger partial charge in [0.1, 0.15) is 5.82 Å². The van der Waals surface area contributed by atoms with E-state index in [4.69, 9.17) is 11.6 Å². The summed E-state index contributed by atoms with van der Waals surface area (Å²) in [5, 5.41) is 3.57. The molecule has 2 aromatic rings. The Labute approximate surface area is 146 Å². The normalized spacial score (nSPS) is 18.3. The molecule has 0 radical (unpaired) electrons. The first-order valence-electron chi connectivity index (χ1n) is 8.14. The summed E-state index contributed by atoms with van der Waals surface area (Å²) in [5.74, 6) is -0.495. The van der Waals surface area contributed by atoms with E-state index in [2.05, 4.69) is 10.2 Å². The molecule has 1 saturated heterocycles. The van der Waals surface area contributed by atoms with Gasteiger partial charge in [-0.15, -0.1) is 0 Å². The van der Waals surface area contributed by atoms with Gasteiger partial charge in [0.2, 0.25) is 5.91 Å². The number of carbonyl (C=O) groups is 1. The number of hydrogen-bond acceptors (Lipinski definition) is 2.